The number of hydrogen-bond acceptors (Lipinski definition) is 11. The molecule has 0 saturated carbocycles. The minimum Gasteiger partial charge on any atom is -0.460 e. The average molecular weight is 627 g/mol. The van der Waals surface area contributed by atoms with Crippen molar-refractivity contribution in [2.24, 2.45) is 5.73 Å². The van der Waals surface area contributed by atoms with E-state index in [1.54, 1.807) is 48.5 Å². The lowest BCUT2D eigenvalue weighted by atomic mass is 10.1. The van der Waals surface area contributed by atoms with Crippen LogP contribution in [0.4, 0.5) is 0 Å². The maximum Gasteiger partial charge on any atom is 0.459 e. The molecule has 4 aromatic rings. The van der Waals surface area contributed by atoms with Crippen LogP contribution in [-0.4, -0.2) is 56.3 Å². The molecule has 1 aromatic heterocycles. The Bertz CT molecular complexity index is 1790. The van der Waals surface area contributed by atoms with Gasteiger partial charge in [0.15, 0.2) is 12.0 Å². The number of carbonyl (C=O) groups is 1. The normalized spacial score (nSPS) is 23.6. The Morgan fingerprint density at radius 1 is 1.09 bits per heavy atom. The van der Waals surface area contributed by atoms with Crippen LogP contribution in [0.2, 0.25) is 0 Å². The maximum absolute atomic E-state index is 14.2. The SMILES string of the molecule is C[C@H](NP(=O)(OC[C@@]1(N)O[C@@H](n2ccc(=O)[nH]c2=O)[C@H](O)[C@@H]1O)Oc1cccc2ccccc12)C(=O)OCc1ccccc1. The Hall–Kier alpha value is -4.14. The van der Waals surface area contributed by atoms with Gasteiger partial charge in [-0.1, -0.05) is 66.7 Å². The molecule has 0 amide bonds. The zero-order valence-electron chi connectivity index (χ0n) is 23.4. The second-order valence-corrected chi connectivity index (χ2v) is 11.9. The van der Waals surface area contributed by atoms with E-state index >= 15 is 0 Å². The van der Waals surface area contributed by atoms with Crippen molar-refractivity contribution >= 4 is 24.5 Å². The molecule has 1 aliphatic heterocycles. The van der Waals surface area contributed by atoms with Gasteiger partial charge in [-0.15, -0.1) is 0 Å². The predicted molar refractivity (Wildman–Crippen MR) is 157 cm³/mol. The van der Waals surface area contributed by atoms with Crippen LogP contribution in [0.5, 0.6) is 5.75 Å². The molecular formula is C29H31N4O10P. The number of aromatic nitrogens is 2. The van der Waals surface area contributed by atoms with Crippen LogP contribution < -0.4 is 26.6 Å². The molecule has 0 radical (unpaired) electrons. The Morgan fingerprint density at radius 3 is 2.55 bits per heavy atom. The second-order valence-electron chi connectivity index (χ2n) is 10.2. The number of benzene rings is 3. The number of nitrogens with zero attached hydrogens (tertiary/aromatic N) is 1. The van der Waals surface area contributed by atoms with Crippen molar-refractivity contribution in [1.29, 1.82) is 0 Å². The number of hydrogen-bond donors (Lipinski definition) is 5. The zero-order chi connectivity index (χ0) is 31.5. The van der Waals surface area contributed by atoms with Gasteiger partial charge >= 0.3 is 19.4 Å². The first-order valence-corrected chi connectivity index (χ1v) is 15.1. The third kappa shape index (κ3) is 6.82. The fraction of sp³-hybridized carbons (Fsp3) is 0.276. The van der Waals surface area contributed by atoms with Crippen molar-refractivity contribution in [2.75, 3.05) is 6.61 Å². The number of aliphatic hydroxyl groups excluding tert-OH is 2. The van der Waals surface area contributed by atoms with Crippen molar-refractivity contribution in [2.45, 2.75) is 43.7 Å². The number of rotatable bonds is 11. The van der Waals surface area contributed by atoms with Crippen LogP contribution in [0.15, 0.2) is 94.6 Å². The lowest BCUT2D eigenvalue weighted by Gasteiger charge is -2.30. The Morgan fingerprint density at radius 2 is 1.80 bits per heavy atom. The highest BCUT2D eigenvalue weighted by atomic mass is 31.2. The number of ether oxygens (including phenoxy) is 2. The summed E-state index contributed by atoms with van der Waals surface area (Å²) >= 11 is 0. The van der Waals surface area contributed by atoms with E-state index in [2.05, 4.69) is 5.09 Å². The van der Waals surface area contributed by atoms with E-state index in [1.807, 2.05) is 29.2 Å². The number of nitrogens with one attached hydrogen (secondary N) is 2. The number of carbonyl (C=O) groups excluding carboxylic acids is 1. The number of aliphatic hydroxyl groups is 2. The number of aromatic amines is 1. The summed E-state index contributed by atoms with van der Waals surface area (Å²) < 4.78 is 37.6. The second kappa shape index (κ2) is 12.8. The molecule has 6 atom stereocenters. The highest BCUT2D eigenvalue weighted by Gasteiger charge is 2.54. The van der Waals surface area contributed by atoms with E-state index < -0.39 is 61.8 Å². The highest BCUT2D eigenvalue weighted by molar-refractivity contribution is 7.52. The Balaban J connectivity index is 1.38. The van der Waals surface area contributed by atoms with E-state index in [-0.39, 0.29) is 12.4 Å². The number of H-pyrrole nitrogens is 1. The highest BCUT2D eigenvalue weighted by Crippen LogP contribution is 2.48. The Kier molecular flexibility index (Phi) is 9.13. The van der Waals surface area contributed by atoms with Gasteiger partial charge < -0.3 is 24.2 Å². The summed E-state index contributed by atoms with van der Waals surface area (Å²) in [4.78, 5) is 38.6. The van der Waals surface area contributed by atoms with Gasteiger partial charge in [0, 0.05) is 17.6 Å². The summed E-state index contributed by atoms with van der Waals surface area (Å²) in [6.07, 6.45) is -4.05. The molecule has 15 heteroatoms. The zero-order valence-corrected chi connectivity index (χ0v) is 24.3. The average Bonchev–Trinajstić information content (AvgIpc) is 3.23. The molecule has 1 unspecified atom stereocenters. The molecular weight excluding hydrogens is 595 g/mol. The van der Waals surface area contributed by atoms with Crippen LogP contribution in [-0.2, 0) is 30.0 Å². The lowest BCUT2D eigenvalue weighted by molar-refractivity contribution is -0.146. The van der Waals surface area contributed by atoms with Gasteiger partial charge in [0.2, 0.25) is 0 Å². The van der Waals surface area contributed by atoms with Gasteiger partial charge in [-0.3, -0.25) is 29.4 Å². The third-order valence-corrected chi connectivity index (χ3v) is 8.55. The van der Waals surface area contributed by atoms with Gasteiger partial charge in [-0.2, -0.15) is 5.09 Å². The molecule has 0 bridgehead atoms. The van der Waals surface area contributed by atoms with E-state index in [0.717, 1.165) is 27.8 Å². The minimum atomic E-state index is -4.52. The molecule has 2 heterocycles. The van der Waals surface area contributed by atoms with Crippen molar-refractivity contribution in [3.8, 4) is 5.75 Å². The van der Waals surface area contributed by atoms with Crippen LogP contribution in [0.3, 0.4) is 0 Å². The van der Waals surface area contributed by atoms with Gasteiger partial charge in [0.1, 0.15) is 37.2 Å². The smallest absolute Gasteiger partial charge is 0.459 e. The molecule has 1 fully saturated rings. The number of esters is 1. The van der Waals surface area contributed by atoms with Crippen LogP contribution in [0.25, 0.3) is 10.8 Å². The number of fused-ring (bicyclic) bond motifs is 1. The standard InChI is InChI=1S/C29H31N4O10P/c1-18(27(37)40-16-19-8-3-2-4-9-19)32-44(39,43-22-13-7-11-20-10-5-6-12-21(20)22)41-17-29(30)25(36)24(35)26(42-29)33-15-14-23(34)31-28(33)38/h2-15,18,24-26,35-36H,16-17,30H2,1H3,(H,32,39)(H,31,34,38)/t18-,24+,25-,26+,29+,44?/m0/s1. The first-order valence-electron chi connectivity index (χ1n) is 13.5. The van der Waals surface area contributed by atoms with E-state index in [9.17, 15) is 29.2 Å². The molecule has 0 aliphatic carbocycles. The summed E-state index contributed by atoms with van der Waals surface area (Å²) in [5.74, 6) is -0.604. The third-order valence-electron chi connectivity index (χ3n) is 6.94. The van der Waals surface area contributed by atoms with E-state index in [1.165, 1.54) is 6.92 Å². The van der Waals surface area contributed by atoms with Crippen LogP contribution >= 0.6 is 7.75 Å². The fourth-order valence-corrected chi connectivity index (χ4v) is 6.15. The van der Waals surface area contributed by atoms with Gasteiger partial charge in [-0.05, 0) is 23.9 Å². The molecule has 14 nitrogen and oxygen atoms in total. The first-order chi connectivity index (χ1) is 21.0. The Labute approximate surface area is 250 Å². The van der Waals surface area contributed by atoms with E-state index in [4.69, 9.17) is 24.3 Å². The molecule has 3 aromatic carbocycles. The first kappa shape index (κ1) is 31.3. The lowest BCUT2D eigenvalue weighted by Crippen LogP contribution is -2.54. The molecule has 5 rings (SSSR count). The molecule has 6 N–H and O–H groups in total. The van der Waals surface area contributed by atoms with Gasteiger partial charge in [0.05, 0.1) is 0 Å². The quantitative estimate of drug-likeness (QED) is 0.119. The number of nitrogens with two attached hydrogens (primary N) is 1. The molecule has 44 heavy (non-hydrogen) atoms. The summed E-state index contributed by atoms with van der Waals surface area (Å²) in [7, 11) is -4.52. The molecule has 1 saturated heterocycles. The summed E-state index contributed by atoms with van der Waals surface area (Å²) in [6.45, 7) is 0.536. The van der Waals surface area contributed by atoms with E-state index in [0.29, 0.717) is 5.39 Å². The topological polar surface area (TPSA) is 204 Å². The minimum absolute atomic E-state index is 0.0314. The largest absolute Gasteiger partial charge is 0.460 e. The van der Waals surface area contributed by atoms with Gasteiger partial charge in [-0.25, -0.2) is 9.36 Å². The maximum atomic E-state index is 14.2. The molecule has 1 aliphatic rings. The van der Waals surface area contributed by atoms with Gasteiger partial charge in [0.25, 0.3) is 5.56 Å². The molecule has 0 spiro atoms. The van der Waals surface area contributed by atoms with Crippen LogP contribution in [0, 0.1) is 0 Å². The summed E-state index contributed by atoms with van der Waals surface area (Å²) in [5, 5.41) is 25.3. The van der Waals surface area contributed by atoms with Crippen LogP contribution in [0.1, 0.15) is 18.7 Å². The van der Waals surface area contributed by atoms with Crippen molar-refractivity contribution in [3.63, 3.8) is 0 Å². The molecule has 232 valence electrons. The fourth-order valence-electron chi connectivity index (χ4n) is 4.60. The predicted octanol–water partition coefficient (Wildman–Crippen LogP) is 1.52. The van der Waals surface area contributed by atoms with Crippen molar-refractivity contribution < 1.29 is 38.1 Å². The summed E-state index contributed by atoms with van der Waals surface area (Å²) in [5.41, 5.74) is 3.18. The van der Waals surface area contributed by atoms with Crippen molar-refractivity contribution in [3.05, 3.63) is 111 Å². The van der Waals surface area contributed by atoms with Crippen molar-refractivity contribution in [1.82, 2.24) is 14.6 Å². The summed E-state index contributed by atoms with van der Waals surface area (Å²) in [6, 6.07) is 21.0. The monoisotopic (exact) mass is 626 g/mol.